The molecule has 0 aliphatic heterocycles. The van der Waals surface area contributed by atoms with Crippen molar-refractivity contribution < 1.29 is 0 Å². The van der Waals surface area contributed by atoms with Crippen LogP contribution >= 0.6 is 34.0 Å². The van der Waals surface area contributed by atoms with Crippen LogP contribution in [0.3, 0.4) is 0 Å². The highest BCUT2D eigenvalue weighted by molar-refractivity contribution is 7.26. The summed E-state index contributed by atoms with van der Waals surface area (Å²) in [6.45, 7) is 0. The van der Waals surface area contributed by atoms with Crippen molar-refractivity contribution in [3.63, 3.8) is 0 Å². The van der Waals surface area contributed by atoms with Gasteiger partial charge >= 0.3 is 0 Å². The molecule has 0 spiro atoms. The summed E-state index contributed by atoms with van der Waals surface area (Å²) in [5.74, 6) is 0.686. The molecule has 13 aromatic rings. The van der Waals surface area contributed by atoms with Crippen molar-refractivity contribution in [3.8, 4) is 28.5 Å². The largest absolute Gasteiger partial charge is 0.276 e. The third kappa shape index (κ3) is 3.94. The van der Waals surface area contributed by atoms with Gasteiger partial charge in [0.1, 0.15) is 0 Å². The predicted octanol–water partition coefficient (Wildman–Crippen LogP) is 14.6. The van der Waals surface area contributed by atoms with Crippen molar-refractivity contribution in [3.05, 3.63) is 152 Å². The Bertz CT molecular complexity index is 3540. The van der Waals surface area contributed by atoms with E-state index in [-0.39, 0.29) is 0 Å². The van der Waals surface area contributed by atoms with E-state index in [1.807, 2.05) is 34.0 Å². The highest BCUT2D eigenvalue weighted by Gasteiger charge is 2.26. The van der Waals surface area contributed by atoms with Crippen molar-refractivity contribution >= 4 is 127 Å². The molecule has 0 amide bonds. The molecule has 5 aromatic heterocycles. The van der Waals surface area contributed by atoms with E-state index in [0.717, 1.165) is 22.5 Å². The minimum atomic E-state index is 0.686. The number of hydrogen-bond donors (Lipinski definition) is 0. The Morgan fingerprint density at radius 1 is 0.352 bits per heavy atom. The summed E-state index contributed by atoms with van der Waals surface area (Å²) in [6.07, 6.45) is 0. The van der Waals surface area contributed by atoms with Gasteiger partial charge in [-0.05, 0) is 59.3 Å². The van der Waals surface area contributed by atoms with E-state index in [1.165, 1.54) is 93.1 Å². The van der Waals surface area contributed by atoms with Gasteiger partial charge in [-0.15, -0.1) is 34.0 Å². The van der Waals surface area contributed by atoms with Gasteiger partial charge in [-0.3, -0.25) is 4.57 Å². The summed E-state index contributed by atoms with van der Waals surface area (Å²) < 4.78 is 10.1. The molecule has 8 aromatic carbocycles. The SMILES string of the molecule is c1ccc(-c2cc(-c3ccc4sc5ccccc5c4c3)nc(-n3c4c5c(cc6ccc7cc8sc9ccccc9c8c3c7c64)sc3ccccc35)n2)cc1. The molecule has 54 heavy (non-hydrogen) atoms. The predicted molar refractivity (Wildman–Crippen MR) is 235 cm³/mol. The minimum Gasteiger partial charge on any atom is -0.276 e. The topological polar surface area (TPSA) is 30.7 Å². The molecule has 0 aliphatic rings. The highest BCUT2D eigenvalue weighted by atomic mass is 32.1. The molecule has 0 atom stereocenters. The summed E-state index contributed by atoms with van der Waals surface area (Å²) in [5, 5.41) is 12.6. The third-order valence-electron chi connectivity index (χ3n) is 11.1. The maximum atomic E-state index is 5.61. The first-order valence-electron chi connectivity index (χ1n) is 18.1. The molecule has 0 radical (unpaired) electrons. The van der Waals surface area contributed by atoms with Crippen LogP contribution in [-0.4, -0.2) is 14.5 Å². The fourth-order valence-corrected chi connectivity index (χ4v) is 12.2. The van der Waals surface area contributed by atoms with Crippen LogP contribution in [0.4, 0.5) is 0 Å². The molecule has 13 rings (SSSR count). The van der Waals surface area contributed by atoms with Crippen molar-refractivity contribution in [1.82, 2.24) is 14.5 Å². The lowest BCUT2D eigenvalue weighted by molar-refractivity contribution is 1.00. The first-order chi connectivity index (χ1) is 26.7. The molecule has 0 N–H and O–H groups in total. The number of aromatic nitrogens is 3. The van der Waals surface area contributed by atoms with Crippen LogP contribution in [0.15, 0.2) is 152 Å². The summed E-state index contributed by atoms with van der Waals surface area (Å²) in [6, 6.07) is 55.3. The molecule has 0 fully saturated rings. The summed E-state index contributed by atoms with van der Waals surface area (Å²) in [4.78, 5) is 11.1. The van der Waals surface area contributed by atoms with Gasteiger partial charge in [0.25, 0.3) is 0 Å². The zero-order valence-corrected chi connectivity index (χ0v) is 30.9. The third-order valence-corrected chi connectivity index (χ3v) is 14.5. The van der Waals surface area contributed by atoms with Crippen LogP contribution in [-0.2, 0) is 0 Å². The number of benzene rings is 8. The first kappa shape index (κ1) is 29.3. The molecule has 0 saturated carbocycles. The minimum absolute atomic E-state index is 0.686. The monoisotopic (exact) mass is 739 g/mol. The van der Waals surface area contributed by atoms with Gasteiger partial charge < -0.3 is 0 Å². The van der Waals surface area contributed by atoms with E-state index in [0.29, 0.717) is 5.95 Å². The number of thiophene rings is 3. The number of rotatable bonds is 3. The van der Waals surface area contributed by atoms with Gasteiger partial charge in [0.2, 0.25) is 5.95 Å². The number of nitrogens with zero attached hydrogens (tertiary/aromatic N) is 3. The lowest BCUT2D eigenvalue weighted by atomic mass is 9.98. The average Bonchev–Trinajstić information content (AvgIpc) is 3.98. The lowest BCUT2D eigenvalue weighted by Gasteiger charge is -2.13. The van der Waals surface area contributed by atoms with Gasteiger partial charge in [-0.2, -0.15) is 0 Å². The van der Waals surface area contributed by atoms with Crippen LogP contribution in [0.1, 0.15) is 0 Å². The maximum absolute atomic E-state index is 5.61. The Balaban J connectivity index is 1.24. The Morgan fingerprint density at radius 2 is 0.852 bits per heavy atom. The Hall–Kier alpha value is -6.18. The van der Waals surface area contributed by atoms with Crippen molar-refractivity contribution in [1.29, 1.82) is 0 Å². The van der Waals surface area contributed by atoms with E-state index < -0.39 is 0 Å². The second kappa shape index (κ2) is 10.7. The second-order valence-electron chi connectivity index (χ2n) is 14.1. The van der Waals surface area contributed by atoms with Gasteiger partial charge in [0, 0.05) is 82.4 Å². The Morgan fingerprint density at radius 3 is 1.48 bits per heavy atom. The van der Waals surface area contributed by atoms with Crippen molar-refractivity contribution in [2.24, 2.45) is 0 Å². The average molecular weight is 740 g/mol. The van der Waals surface area contributed by atoms with Gasteiger partial charge in [0.15, 0.2) is 0 Å². The Labute approximate surface area is 319 Å². The Kier molecular flexibility index (Phi) is 5.81. The molecule has 0 bridgehead atoms. The molecule has 6 heteroatoms. The summed E-state index contributed by atoms with van der Waals surface area (Å²) in [5.41, 5.74) is 6.31. The standard InChI is InChI=1S/C48H25N3S3/c1-2-10-26(11-3-1)34-25-35(27-20-21-39-33(22-27)30-12-4-7-15-36(30)52-39)50-48(49-34)51-46-42-28(23-40-44(46)31-13-5-8-16-37(31)53-40)18-19-29-24-41-45(47(51)43(29)42)32-14-6-9-17-38(32)54-41/h1-25H. The number of hydrogen-bond acceptors (Lipinski definition) is 5. The summed E-state index contributed by atoms with van der Waals surface area (Å²) in [7, 11) is 0. The highest BCUT2D eigenvalue weighted by Crippen LogP contribution is 2.50. The lowest BCUT2D eigenvalue weighted by Crippen LogP contribution is -2.04. The fraction of sp³-hybridized carbons (Fsp3) is 0. The van der Waals surface area contributed by atoms with E-state index in [1.54, 1.807) is 0 Å². The van der Waals surface area contributed by atoms with E-state index in [4.69, 9.17) is 9.97 Å². The molecule has 0 unspecified atom stereocenters. The molecular weight excluding hydrogens is 715 g/mol. The maximum Gasteiger partial charge on any atom is 0.235 e. The van der Waals surface area contributed by atoms with E-state index >= 15 is 0 Å². The molecule has 5 heterocycles. The second-order valence-corrected chi connectivity index (χ2v) is 17.4. The molecular formula is C48H25N3S3. The van der Waals surface area contributed by atoms with Gasteiger partial charge in [-0.25, -0.2) is 9.97 Å². The molecule has 0 saturated heterocycles. The summed E-state index contributed by atoms with van der Waals surface area (Å²) >= 11 is 5.58. The quantitative estimate of drug-likeness (QED) is 0.169. The molecule has 0 aliphatic carbocycles. The van der Waals surface area contributed by atoms with Gasteiger partial charge in [0.05, 0.1) is 22.4 Å². The van der Waals surface area contributed by atoms with Gasteiger partial charge in [-0.1, -0.05) is 103 Å². The van der Waals surface area contributed by atoms with Crippen molar-refractivity contribution in [2.45, 2.75) is 0 Å². The normalized spacial score (nSPS) is 12.4. The zero-order valence-electron chi connectivity index (χ0n) is 28.5. The molecule has 250 valence electrons. The van der Waals surface area contributed by atoms with E-state index in [2.05, 4.69) is 156 Å². The van der Waals surface area contributed by atoms with Crippen LogP contribution in [0.25, 0.3) is 122 Å². The van der Waals surface area contributed by atoms with Crippen LogP contribution in [0.2, 0.25) is 0 Å². The van der Waals surface area contributed by atoms with Crippen LogP contribution in [0, 0.1) is 0 Å². The van der Waals surface area contributed by atoms with E-state index in [9.17, 15) is 0 Å². The van der Waals surface area contributed by atoms with Crippen LogP contribution < -0.4 is 0 Å². The first-order valence-corrected chi connectivity index (χ1v) is 20.5. The fourth-order valence-electron chi connectivity index (χ4n) is 8.82. The van der Waals surface area contributed by atoms with Crippen molar-refractivity contribution in [2.75, 3.05) is 0 Å². The molecule has 3 nitrogen and oxygen atoms in total. The zero-order chi connectivity index (χ0) is 35.1. The van der Waals surface area contributed by atoms with Crippen LogP contribution in [0.5, 0.6) is 0 Å². The smallest absolute Gasteiger partial charge is 0.235 e. The number of fused-ring (bicyclic) bond motifs is 11.